The molecule has 3 rings (SSSR count). The average molecular weight is 322 g/mol. The maximum absolute atomic E-state index is 12.7. The average Bonchev–Trinajstić information content (AvgIpc) is 3.21. The second-order valence-electron chi connectivity index (χ2n) is 6.44. The zero-order valence-electron chi connectivity index (χ0n) is 13.7. The molecule has 7 heteroatoms. The predicted octanol–water partition coefficient (Wildman–Crippen LogP) is -0.0152. The van der Waals surface area contributed by atoms with Crippen molar-refractivity contribution in [3.05, 3.63) is 17.5 Å². The minimum absolute atomic E-state index is 0.0264. The van der Waals surface area contributed by atoms with E-state index in [1.54, 1.807) is 6.20 Å². The molecule has 2 fully saturated rings. The van der Waals surface area contributed by atoms with E-state index < -0.39 is 0 Å². The Hall–Kier alpha value is -1.44. The fourth-order valence-electron chi connectivity index (χ4n) is 3.57. The zero-order chi connectivity index (χ0) is 16.2. The van der Waals surface area contributed by atoms with E-state index in [-0.39, 0.29) is 18.4 Å². The van der Waals surface area contributed by atoms with Crippen molar-refractivity contribution in [1.29, 1.82) is 0 Å². The first-order chi connectivity index (χ1) is 11.2. The number of rotatable bonds is 5. The summed E-state index contributed by atoms with van der Waals surface area (Å²) in [4.78, 5) is 17.0. The topological polar surface area (TPSA) is 81.7 Å². The van der Waals surface area contributed by atoms with Crippen molar-refractivity contribution in [3.8, 4) is 0 Å². The lowest BCUT2D eigenvalue weighted by Gasteiger charge is -2.30. The SMILES string of the molecule is CCc1[nH]ncc1C(=O)N1C[C@@H](CN2CCOCC2)[C@@H](CO)C1. The van der Waals surface area contributed by atoms with Crippen molar-refractivity contribution in [3.63, 3.8) is 0 Å². The molecule has 0 radical (unpaired) electrons. The van der Waals surface area contributed by atoms with Crippen LogP contribution < -0.4 is 0 Å². The summed E-state index contributed by atoms with van der Waals surface area (Å²) in [5, 5.41) is 16.6. The monoisotopic (exact) mass is 322 g/mol. The lowest BCUT2D eigenvalue weighted by Crippen LogP contribution is -2.41. The van der Waals surface area contributed by atoms with Crippen LogP contribution in [-0.4, -0.2) is 83.6 Å². The summed E-state index contributed by atoms with van der Waals surface area (Å²) in [5.41, 5.74) is 1.54. The highest BCUT2D eigenvalue weighted by Gasteiger charge is 2.36. The summed E-state index contributed by atoms with van der Waals surface area (Å²) < 4.78 is 5.39. The van der Waals surface area contributed by atoms with Crippen LogP contribution in [0.4, 0.5) is 0 Å². The Morgan fingerprint density at radius 3 is 2.83 bits per heavy atom. The van der Waals surface area contributed by atoms with Gasteiger partial charge in [0, 0.05) is 50.9 Å². The Bertz CT molecular complexity index is 527. The van der Waals surface area contributed by atoms with Gasteiger partial charge in [-0.2, -0.15) is 5.10 Å². The third-order valence-corrected chi connectivity index (χ3v) is 5.00. The van der Waals surface area contributed by atoms with Crippen LogP contribution in [-0.2, 0) is 11.2 Å². The smallest absolute Gasteiger partial charge is 0.257 e. The Labute approximate surface area is 136 Å². The number of ether oxygens (including phenoxy) is 1. The lowest BCUT2D eigenvalue weighted by molar-refractivity contribution is 0.0264. The summed E-state index contributed by atoms with van der Waals surface area (Å²) in [6, 6.07) is 0. The quantitative estimate of drug-likeness (QED) is 0.796. The molecule has 0 aromatic carbocycles. The number of morpholine rings is 1. The maximum Gasteiger partial charge on any atom is 0.257 e. The molecule has 2 aliphatic rings. The minimum atomic E-state index is 0.0264. The molecular weight excluding hydrogens is 296 g/mol. The number of aliphatic hydroxyl groups is 1. The second kappa shape index (κ2) is 7.42. The molecule has 2 saturated heterocycles. The molecule has 0 saturated carbocycles. The number of amides is 1. The van der Waals surface area contributed by atoms with Gasteiger partial charge in [0.2, 0.25) is 0 Å². The van der Waals surface area contributed by atoms with Crippen molar-refractivity contribution < 1.29 is 14.6 Å². The number of hydrogen-bond donors (Lipinski definition) is 2. The highest BCUT2D eigenvalue weighted by atomic mass is 16.5. The van der Waals surface area contributed by atoms with E-state index in [1.165, 1.54) is 0 Å². The molecule has 0 unspecified atom stereocenters. The number of aromatic nitrogens is 2. The molecule has 1 aromatic heterocycles. The number of aliphatic hydroxyl groups excluding tert-OH is 1. The molecule has 1 amide bonds. The molecule has 0 aliphatic carbocycles. The summed E-state index contributed by atoms with van der Waals surface area (Å²) in [5.74, 6) is 0.497. The number of nitrogens with zero attached hydrogens (tertiary/aromatic N) is 3. The maximum atomic E-state index is 12.7. The molecule has 2 N–H and O–H groups in total. The third-order valence-electron chi connectivity index (χ3n) is 5.00. The minimum Gasteiger partial charge on any atom is -0.396 e. The van der Waals surface area contributed by atoms with Gasteiger partial charge in [0.05, 0.1) is 25.0 Å². The number of aromatic amines is 1. The van der Waals surface area contributed by atoms with E-state index in [4.69, 9.17) is 4.74 Å². The Morgan fingerprint density at radius 1 is 1.39 bits per heavy atom. The van der Waals surface area contributed by atoms with Gasteiger partial charge in [-0.15, -0.1) is 0 Å². The normalized spacial score (nSPS) is 25.9. The first-order valence-corrected chi connectivity index (χ1v) is 8.45. The zero-order valence-corrected chi connectivity index (χ0v) is 13.7. The number of hydrogen-bond acceptors (Lipinski definition) is 5. The fraction of sp³-hybridized carbons (Fsp3) is 0.750. The fourth-order valence-corrected chi connectivity index (χ4v) is 3.57. The van der Waals surface area contributed by atoms with Crippen molar-refractivity contribution in [1.82, 2.24) is 20.0 Å². The van der Waals surface area contributed by atoms with Crippen molar-refractivity contribution in [2.75, 3.05) is 52.5 Å². The summed E-state index contributed by atoms with van der Waals surface area (Å²) >= 11 is 0. The number of carbonyl (C=O) groups excluding carboxylic acids is 1. The van der Waals surface area contributed by atoms with Gasteiger partial charge >= 0.3 is 0 Å². The van der Waals surface area contributed by atoms with Gasteiger partial charge in [0.1, 0.15) is 0 Å². The van der Waals surface area contributed by atoms with E-state index in [1.807, 2.05) is 11.8 Å². The van der Waals surface area contributed by atoms with Gasteiger partial charge in [0.25, 0.3) is 5.91 Å². The van der Waals surface area contributed by atoms with Crippen LogP contribution in [0.15, 0.2) is 6.20 Å². The summed E-state index contributed by atoms with van der Waals surface area (Å²) in [7, 11) is 0. The number of aryl methyl sites for hydroxylation is 1. The molecular formula is C16H26N4O3. The standard InChI is InChI=1S/C16H26N4O3/c1-2-15-14(7-17-18-15)16(22)20-9-12(13(10-20)11-21)8-19-3-5-23-6-4-19/h7,12-13,21H,2-6,8-11H2,1H3,(H,17,18)/t12-,13-/m1/s1. The summed E-state index contributed by atoms with van der Waals surface area (Å²) in [6.45, 7) is 7.80. The van der Waals surface area contributed by atoms with E-state index in [9.17, 15) is 9.90 Å². The van der Waals surface area contributed by atoms with Crippen LogP contribution in [0.2, 0.25) is 0 Å². The largest absolute Gasteiger partial charge is 0.396 e. The highest BCUT2D eigenvalue weighted by Crippen LogP contribution is 2.26. The molecule has 2 atom stereocenters. The molecule has 0 spiro atoms. The van der Waals surface area contributed by atoms with E-state index in [0.717, 1.165) is 45.0 Å². The van der Waals surface area contributed by atoms with Crippen LogP contribution in [0.3, 0.4) is 0 Å². The third kappa shape index (κ3) is 3.57. The van der Waals surface area contributed by atoms with Gasteiger partial charge < -0.3 is 14.7 Å². The van der Waals surface area contributed by atoms with Gasteiger partial charge in [-0.25, -0.2) is 0 Å². The Morgan fingerprint density at radius 2 is 2.13 bits per heavy atom. The Balaban J connectivity index is 1.64. The van der Waals surface area contributed by atoms with Gasteiger partial charge in [-0.3, -0.25) is 14.8 Å². The molecule has 2 aliphatic heterocycles. The van der Waals surface area contributed by atoms with Gasteiger partial charge in [-0.05, 0) is 12.3 Å². The van der Waals surface area contributed by atoms with Crippen molar-refractivity contribution in [2.24, 2.45) is 11.8 Å². The Kier molecular flexibility index (Phi) is 5.30. The van der Waals surface area contributed by atoms with E-state index >= 15 is 0 Å². The van der Waals surface area contributed by atoms with Gasteiger partial charge in [-0.1, -0.05) is 6.92 Å². The molecule has 0 bridgehead atoms. The van der Waals surface area contributed by atoms with E-state index in [2.05, 4.69) is 15.1 Å². The highest BCUT2D eigenvalue weighted by molar-refractivity contribution is 5.95. The number of H-pyrrole nitrogens is 1. The number of likely N-dealkylation sites (tertiary alicyclic amines) is 1. The molecule has 7 nitrogen and oxygen atoms in total. The van der Waals surface area contributed by atoms with Crippen molar-refractivity contribution >= 4 is 5.91 Å². The van der Waals surface area contributed by atoms with Crippen molar-refractivity contribution in [2.45, 2.75) is 13.3 Å². The molecule has 128 valence electrons. The van der Waals surface area contributed by atoms with Crippen LogP contribution in [0, 0.1) is 11.8 Å². The summed E-state index contributed by atoms with van der Waals surface area (Å²) in [6.07, 6.45) is 2.37. The predicted molar refractivity (Wildman–Crippen MR) is 85.2 cm³/mol. The molecule has 1 aromatic rings. The number of nitrogens with one attached hydrogen (secondary N) is 1. The lowest BCUT2D eigenvalue weighted by atomic mass is 9.96. The van der Waals surface area contributed by atoms with Crippen LogP contribution in [0.25, 0.3) is 0 Å². The molecule has 3 heterocycles. The van der Waals surface area contributed by atoms with Crippen LogP contribution in [0.1, 0.15) is 23.0 Å². The van der Waals surface area contributed by atoms with Crippen LogP contribution in [0.5, 0.6) is 0 Å². The van der Waals surface area contributed by atoms with E-state index in [0.29, 0.717) is 24.6 Å². The number of carbonyl (C=O) groups is 1. The first kappa shape index (κ1) is 16.4. The molecule has 23 heavy (non-hydrogen) atoms. The van der Waals surface area contributed by atoms with Gasteiger partial charge in [0.15, 0.2) is 0 Å². The van der Waals surface area contributed by atoms with Crippen LogP contribution >= 0.6 is 0 Å². The first-order valence-electron chi connectivity index (χ1n) is 8.45. The second-order valence-corrected chi connectivity index (χ2v) is 6.44.